The van der Waals surface area contributed by atoms with E-state index in [2.05, 4.69) is 4.99 Å². The summed E-state index contributed by atoms with van der Waals surface area (Å²) < 4.78 is 0. The minimum Gasteiger partial charge on any atom is -0.331 e. The van der Waals surface area contributed by atoms with Crippen LogP contribution in [0.5, 0.6) is 0 Å². The van der Waals surface area contributed by atoms with Crippen LogP contribution in [0.1, 0.15) is 0 Å². The van der Waals surface area contributed by atoms with Gasteiger partial charge in [0.25, 0.3) is 0 Å². The van der Waals surface area contributed by atoms with Crippen LogP contribution < -0.4 is 0 Å². The fourth-order valence-corrected chi connectivity index (χ4v) is 0.864. The average Bonchev–Trinajstić information content (AvgIpc) is 1.83. The van der Waals surface area contributed by atoms with Crippen molar-refractivity contribution in [1.29, 1.82) is 0 Å². The first kappa shape index (κ1) is 6.90. The van der Waals surface area contributed by atoms with Crippen molar-refractivity contribution < 1.29 is 0 Å². The Hall–Kier alpha value is -0.210. The molecule has 1 aliphatic heterocycles. The van der Waals surface area contributed by atoms with Crippen LogP contribution in [0.2, 0.25) is 0 Å². The van der Waals surface area contributed by atoms with Crippen molar-refractivity contribution in [2.45, 2.75) is 5.62 Å². The van der Waals surface area contributed by atoms with E-state index >= 15 is 0 Å². The second kappa shape index (κ2) is 2.58. The molecule has 0 radical (unpaired) electrons. The lowest BCUT2D eigenvalue weighted by molar-refractivity contribution is 0.415. The Bertz CT molecular complexity index is 164. The van der Waals surface area contributed by atoms with E-state index in [4.69, 9.17) is 23.2 Å². The van der Waals surface area contributed by atoms with Crippen LogP contribution in [0.4, 0.5) is 0 Å². The molecule has 1 aliphatic rings. The Morgan fingerprint density at radius 2 is 2.44 bits per heavy atom. The number of hydrogen-bond donors (Lipinski definition) is 0. The maximum atomic E-state index is 5.67. The molecule has 2 nitrogen and oxygen atoms in total. The largest absolute Gasteiger partial charge is 0.331 e. The Morgan fingerprint density at radius 1 is 1.78 bits per heavy atom. The minimum absolute atomic E-state index is 0.345. The topological polar surface area (TPSA) is 15.6 Å². The summed E-state index contributed by atoms with van der Waals surface area (Å²) in [5, 5.41) is 0.616. The maximum Gasteiger partial charge on any atom is 0.198 e. The monoisotopic (exact) mass is 164 g/mol. The summed E-state index contributed by atoms with van der Waals surface area (Å²) in [7, 11) is 1.78. The second-order valence-corrected chi connectivity index (χ2v) is 2.49. The zero-order valence-corrected chi connectivity index (χ0v) is 6.39. The van der Waals surface area contributed by atoms with E-state index in [1.165, 1.54) is 0 Å². The quantitative estimate of drug-likeness (QED) is 0.393. The summed E-state index contributed by atoms with van der Waals surface area (Å²) in [4.78, 5) is 5.54. The normalized spacial score (nSPS) is 26.3. The fourth-order valence-electron chi connectivity index (χ4n) is 0.495. The third kappa shape index (κ3) is 1.37. The van der Waals surface area contributed by atoms with Crippen molar-refractivity contribution in [1.82, 2.24) is 4.90 Å². The summed E-state index contributed by atoms with van der Waals surface area (Å²) in [6.07, 6.45) is 3.29. The third-order valence-electron chi connectivity index (χ3n) is 1.08. The summed E-state index contributed by atoms with van der Waals surface area (Å²) in [5.41, 5.74) is -0.345. The molecule has 0 aromatic heterocycles. The van der Waals surface area contributed by atoms with E-state index in [9.17, 15) is 0 Å². The molecule has 0 aliphatic carbocycles. The molecule has 0 amide bonds. The lowest BCUT2D eigenvalue weighted by atomic mass is 10.5. The van der Waals surface area contributed by atoms with Gasteiger partial charge in [-0.2, -0.15) is 0 Å². The number of halogens is 2. The van der Waals surface area contributed by atoms with Gasteiger partial charge < -0.3 is 4.90 Å². The van der Waals surface area contributed by atoms with Crippen LogP contribution >= 0.6 is 23.2 Å². The number of nitrogens with zero attached hydrogens (tertiary/aromatic N) is 2. The van der Waals surface area contributed by atoms with Gasteiger partial charge in [-0.05, 0) is 6.08 Å². The smallest absolute Gasteiger partial charge is 0.198 e. The van der Waals surface area contributed by atoms with Gasteiger partial charge in [-0.3, -0.25) is 4.99 Å². The molecule has 0 bridgehead atoms. The Kier molecular flexibility index (Phi) is 1.98. The zero-order valence-electron chi connectivity index (χ0n) is 4.88. The van der Waals surface area contributed by atoms with Gasteiger partial charge in [0.15, 0.2) is 5.62 Å². The lowest BCUT2D eigenvalue weighted by Crippen LogP contribution is -2.24. The zero-order chi connectivity index (χ0) is 6.85. The van der Waals surface area contributed by atoms with E-state index in [-0.39, 0.29) is 5.62 Å². The van der Waals surface area contributed by atoms with Gasteiger partial charge in [-0.25, -0.2) is 0 Å². The molecule has 1 atom stereocenters. The molecule has 4 heteroatoms. The lowest BCUT2D eigenvalue weighted by Gasteiger charge is -2.22. The van der Waals surface area contributed by atoms with Crippen LogP contribution in [0.3, 0.4) is 0 Å². The summed E-state index contributed by atoms with van der Waals surface area (Å²) in [6, 6.07) is 0. The van der Waals surface area contributed by atoms with Gasteiger partial charge in [0.05, 0.1) is 0 Å². The van der Waals surface area contributed by atoms with E-state index in [1.807, 2.05) is 0 Å². The highest BCUT2D eigenvalue weighted by molar-refractivity contribution is 6.31. The van der Waals surface area contributed by atoms with Crippen molar-refractivity contribution in [2.75, 3.05) is 7.05 Å². The van der Waals surface area contributed by atoms with E-state index in [0.29, 0.717) is 5.16 Å². The van der Waals surface area contributed by atoms with Gasteiger partial charge in [0, 0.05) is 13.3 Å². The average molecular weight is 165 g/mol. The number of alkyl halides is 1. The van der Waals surface area contributed by atoms with Gasteiger partial charge in [-0.15, -0.1) is 0 Å². The molecule has 0 saturated carbocycles. The van der Waals surface area contributed by atoms with Crippen molar-refractivity contribution >= 4 is 29.4 Å². The first-order chi connectivity index (χ1) is 4.22. The number of allylic oxidation sites excluding steroid dienone is 1. The SMILES string of the molecule is CN1C(Cl)=CC=NC1Cl. The number of rotatable bonds is 0. The van der Waals surface area contributed by atoms with Crippen molar-refractivity contribution in [3.8, 4) is 0 Å². The first-order valence-corrected chi connectivity index (χ1v) is 3.29. The van der Waals surface area contributed by atoms with Gasteiger partial charge in [0.1, 0.15) is 5.16 Å². The molecule has 50 valence electrons. The molecule has 1 unspecified atom stereocenters. The first-order valence-electron chi connectivity index (χ1n) is 2.47. The number of aliphatic imine (C=N–C) groups is 1. The molecule has 0 saturated heterocycles. The minimum atomic E-state index is -0.345. The molecular formula is C5H6Cl2N2. The standard InChI is InChI=1S/C5H6Cl2N2/c1-9-4(6)2-3-8-5(9)7/h2-3,5H,1H3. The van der Waals surface area contributed by atoms with Gasteiger partial charge in [0.2, 0.25) is 0 Å². The predicted octanol–water partition coefficient (Wildman–Crippen LogP) is 1.61. The highest BCUT2D eigenvalue weighted by Crippen LogP contribution is 2.16. The van der Waals surface area contributed by atoms with Crippen molar-refractivity contribution in [3.63, 3.8) is 0 Å². The fraction of sp³-hybridized carbons (Fsp3) is 0.400. The second-order valence-electron chi connectivity index (χ2n) is 1.71. The molecule has 0 spiro atoms. The Balaban J connectivity index is 2.73. The van der Waals surface area contributed by atoms with Crippen molar-refractivity contribution in [2.24, 2.45) is 4.99 Å². The van der Waals surface area contributed by atoms with Crippen molar-refractivity contribution in [3.05, 3.63) is 11.2 Å². The van der Waals surface area contributed by atoms with Gasteiger partial charge in [-0.1, -0.05) is 23.2 Å². The summed E-state index contributed by atoms with van der Waals surface area (Å²) in [6.45, 7) is 0. The molecule has 1 heterocycles. The Labute approximate surface area is 63.8 Å². The van der Waals surface area contributed by atoms with Crippen LogP contribution in [0.25, 0.3) is 0 Å². The molecule has 0 N–H and O–H groups in total. The van der Waals surface area contributed by atoms with Crippen LogP contribution in [-0.4, -0.2) is 23.8 Å². The highest BCUT2D eigenvalue weighted by atomic mass is 35.5. The van der Waals surface area contributed by atoms with E-state index in [0.717, 1.165) is 0 Å². The molecule has 9 heavy (non-hydrogen) atoms. The summed E-state index contributed by atoms with van der Waals surface area (Å²) in [5.74, 6) is 0. The van der Waals surface area contributed by atoms with Crippen LogP contribution in [-0.2, 0) is 0 Å². The highest BCUT2D eigenvalue weighted by Gasteiger charge is 2.12. The summed E-state index contributed by atoms with van der Waals surface area (Å²) >= 11 is 11.3. The maximum absolute atomic E-state index is 5.67. The Morgan fingerprint density at radius 3 is 2.89 bits per heavy atom. The number of hydrogen-bond acceptors (Lipinski definition) is 2. The predicted molar refractivity (Wildman–Crippen MR) is 39.8 cm³/mol. The third-order valence-corrected chi connectivity index (χ3v) is 1.88. The molecular weight excluding hydrogens is 159 g/mol. The van der Waals surface area contributed by atoms with Crippen LogP contribution in [0.15, 0.2) is 16.2 Å². The molecule has 0 aromatic carbocycles. The van der Waals surface area contributed by atoms with E-state index in [1.54, 1.807) is 24.2 Å². The van der Waals surface area contributed by atoms with Gasteiger partial charge >= 0.3 is 0 Å². The van der Waals surface area contributed by atoms with E-state index < -0.39 is 0 Å². The van der Waals surface area contributed by atoms with Crippen LogP contribution in [0, 0.1) is 0 Å². The molecule has 0 aromatic rings. The molecule has 1 rings (SSSR count). The molecule has 0 fully saturated rings.